The second kappa shape index (κ2) is 1.88. The molecule has 0 unspecified atom stereocenters. The number of hydrogen-bond donors (Lipinski definition) is 2. The van der Waals surface area contributed by atoms with Gasteiger partial charge in [-0.3, -0.25) is 0 Å². The van der Waals surface area contributed by atoms with Gasteiger partial charge in [-0.1, -0.05) is 18.2 Å². The molecule has 3 heterocycles. The van der Waals surface area contributed by atoms with Gasteiger partial charge in [0.25, 0.3) is 0 Å². The summed E-state index contributed by atoms with van der Waals surface area (Å²) >= 11 is 0. The van der Waals surface area contributed by atoms with Gasteiger partial charge in [-0.15, -0.1) is 0 Å². The number of guanidine groups is 1. The van der Waals surface area contributed by atoms with Crippen LogP contribution in [0.25, 0.3) is 0 Å². The van der Waals surface area contributed by atoms with Crippen LogP contribution in [-0.4, -0.2) is 5.96 Å². The molecule has 0 radical (unpaired) electrons. The third-order valence-electron chi connectivity index (χ3n) is 2.01. The van der Waals surface area contributed by atoms with E-state index in [1.165, 1.54) is 0 Å². The summed E-state index contributed by atoms with van der Waals surface area (Å²) in [4.78, 5) is 4.21. The average Bonchev–Trinajstić information content (AvgIpc) is 2.25. The summed E-state index contributed by atoms with van der Waals surface area (Å²) in [7, 11) is 0. The summed E-state index contributed by atoms with van der Waals surface area (Å²) in [6.45, 7) is 0. The molecular weight excluding hydrogens is 150 g/mol. The van der Waals surface area contributed by atoms with Crippen molar-refractivity contribution in [3.8, 4) is 0 Å². The third-order valence-corrected chi connectivity index (χ3v) is 2.01. The van der Waals surface area contributed by atoms with Gasteiger partial charge in [0.1, 0.15) is 5.82 Å². The van der Waals surface area contributed by atoms with Gasteiger partial charge in [0.15, 0.2) is 0 Å². The third kappa shape index (κ3) is 0.625. The van der Waals surface area contributed by atoms with Crippen LogP contribution in [0.4, 0.5) is 0 Å². The zero-order valence-corrected chi connectivity index (χ0v) is 6.33. The van der Waals surface area contributed by atoms with Gasteiger partial charge in [-0.2, -0.15) is 4.99 Å². The maximum absolute atomic E-state index is 4.21. The Labute approximate surface area is 69.9 Å². The van der Waals surface area contributed by atoms with Crippen molar-refractivity contribution < 1.29 is 0 Å². The highest BCUT2D eigenvalue weighted by molar-refractivity contribution is 5.93. The lowest BCUT2D eigenvalue weighted by molar-refractivity contribution is 0.841. The van der Waals surface area contributed by atoms with E-state index in [1.54, 1.807) is 0 Å². The summed E-state index contributed by atoms with van der Waals surface area (Å²) in [6.07, 6.45) is 10.1. The van der Waals surface area contributed by atoms with Crippen LogP contribution in [0.15, 0.2) is 52.5 Å². The first-order valence-corrected chi connectivity index (χ1v) is 3.86. The van der Waals surface area contributed by atoms with Crippen LogP contribution < -0.4 is 10.6 Å². The van der Waals surface area contributed by atoms with Gasteiger partial charge in [0.05, 0.1) is 5.70 Å². The zero-order valence-electron chi connectivity index (χ0n) is 6.33. The Balaban J connectivity index is 2.21. The molecule has 0 aromatic carbocycles. The number of nitrogens with zero attached hydrogens (tertiary/aromatic N) is 1. The van der Waals surface area contributed by atoms with Crippen LogP contribution in [0.5, 0.6) is 0 Å². The largest absolute Gasteiger partial charge is 0.325 e. The van der Waals surface area contributed by atoms with Crippen molar-refractivity contribution in [2.24, 2.45) is 4.99 Å². The molecule has 1 aliphatic carbocycles. The molecule has 0 amide bonds. The molecule has 2 bridgehead atoms. The van der Waals surface area contributed by atoms with Gasteiger partial charge < -0.3 is 10.6 Å². The predicted octanol–water partition coefficient (Wildman–Crippen LogP) is 0.770. The minimum atomic E-state index is 0.851. The quantitative estimate of drug-likeness (QED) is 0.545. The molecule has 0 aromatic heterocycles. The zero-order chi connectivity index (χ0) is 7.97. The Hall–Kier alpha value is -1.77. The summed E-state index contributed by atoms with van der Waals surface area (Å²) in [5, 5.41) is 6.27. The molecule has 0 atom stereocenters. The summed E-state index contributed by atoms with van der Waals surface area (Å²) in [5.41, 5.74) is 2.26. The van der Waals surface area contributed by atoms with Crippen LogP contribution in [0, 0.1) is 0 Å². The smallest absolute Gasteiger partial charge is 0.208 e. The Morgan fingerprint density at radius 1 is 1.08 bits per heavy atom. The van der Waals surface area contributed by atoms with Gasteiger partial charge in [0, 0.05) is 5.57 Å². The molecule has 0 aromatic rings. The predicted molar refractivity (Wildman–Crippen MR) is 47.1 cm³/mol. The molecule has 3 aliphatic heterocycles. The van der Waals surface area contributed by atoms with Crippen molar-refractivity contribution in [2.75, 3.05) is 0 Å². The Bertz CT molecular complexity index is 394. The summed E-state index contributed by atoms with van der Waals surface area (Å²) in [5.74, 6) is 1.82. The number of hydrogen-bond acceptors (Lipinski definition) is 3. The fraction of sp³-hybridized carbons (Fsp3) is 0. The number of aliphatic imine (C=N–C) groups is 1. The maximum Gasteiger partial charge on any atom is 0.208 e. The van der Waals surface area contributed by atoms with Crippen LogP contribution in [0.3, 0.4) is 0 Å². The molecule has 3 nitrogen and oxygen atoms in total. The summed E-state index contributed by atoms with van der Waals surface area (Å²) < 4.78 is 0. The Kier molecular flexibility index (Phi) is 0.913. The number of allylic oxidation sites excluding steroid dienone is 5. The van der Waals surface area contributed by atoms with Gasteiger partial charge >= 0.3 is 0 Å². The van der Waals surface area contributed by atoms with Crippen molar-refractivity contribution in [2.45, 2.75) is 0 Å². The summed E-state index contributed by atoms with van der Waals surface area (Å²) in [6, 6.07) is 0. The van der Waals surface area contributed by atoms with E-state index in [4.69, 9.17) is 0 Å². The molecule has 12 heavy (non-hydrogen) atoms. The second-order valence-electron chi connectivity index (χ2n) is 2.80. The van der Waals surface area contributed by atoms with Crippen molar-refractivity contribution in [1.82, 2.24) is 10.6 Å². The minimum Gasteiger partial charge on any atom is -0.325 e. The van der Waals surface area contributed by atoms with Crippen LogP contribution in [0.2, 0.25) is 0 Å². The van der Waals surface area contributed by atoms with Crippen LogP contribution in [-0.2, 0) is 0 Å². The molecule has 4 rings (SSSR count). The topological polar surface area (TPSA) is 36.4 Å². The fourth-order valence-corrected chi connectivity index (χ4v) is 1.40. The van der Waals surface area contributed by atoms with Crippen molar-refractivity contribution in [1.29, 1.82) is 0 Å². The van der Waals surface area contributed by atoms with Crippen molar-refractivity contribution in [3.05, 3.63) is 47.5 Å². The highest BCUT2D eigenvalue weighted by Crippen LogP contribution is 2.24. The van der Waals surface area contributed by atoms with E-state index in [9.17, 15) is 0 Å². The monoisotopic (exact) mass is 157 g/mol. The fourth-order valence-electron chi connectivity index (χ4n) is 1.40. The second-order valence-corrected chi connectivity index (χ2v) is 2.80. The number of rotatable bonds is 0. The van der Waals surface area contributed by atoms with E-state index in [0.717, 1.165) is 23.1 Å². The van der Waals surface area contributed by atoms with E-state index < -0.39 is 0 Å². The lowest BCUT2D eigenvalue weighted by Gasteiger charge is -2.30. The van der Waals surface area contributed by atoms with E-state index in [0.29, 0.717) is 0 Å². The Morgan fingerprint density at radius 2 is 2.00 bits per heavy atom. The first kappa shape index (κ1) is 5.83. The molecule has 3 heteroatoms. The standard InChI is InChI=1S/C9H7N3/c1-2-4-6-7(5-3-1)10-9-11-8(6)12-9/h1-5H,(H2,10,11,12). The van der Waals surface area contributed by atoms with Gasteiger partial charge in [0.2, 0.25) is 5.96 Å². The first-order valence-electron chi connectivity index (χ1n) is 3.86. The van der Waals surface area contributed by atoms with Crippen LogP contribution >= 0.6 is 0 Å². The minimum absolute atomic E-state index is 0.851. The maximum atomic E-state index is 4.21. The lowest BCUT2D eigenvalue weighted by atomic mass is 10.1. The first-order chi connectivity index (χ1) is 5.93. The van der Waals surface area contributed by atoms with E-state index in [-0.39, 0.29) is 0 Å². The normalized spacial score (nSPS) is 22.7. The molecule has 0 saturated heterocycles. The molecule has 58 valence electrons. The molecular formula is C9H7N3. The van der Waals surface area contributed by atoms with Gasteiger partial charge in [-0.05, 0) is 12.2 Å². The molecule has 2 N–H and O–H groups in total. The van der Waals surface area contributed by atoms with Crippen LogP contribution in [0.1, 0.15) is 0 Å². The van der Waals surface area contributed by atoms with Crippen molar-refractivity contribution >= 4 is 5.96 Å². The molecule has 0 fully saturated rings. The average molecular weight is 157 g/mol. The van der Waals surface area contributed by atoms with Crippen molar-refractivity contribution in [3.63, 3.8) is 0 Å². The highest BCUT2D eigenvalue weighted by atomic mass is 15.3. The highest BCUT2D eigenvalue weighted by Gasteiger charge is 2.25. The van der Waals surface area contributed by atoms with Gasteiger partial charge in [-0.25, -0.2) is 0 Å². The lowest BCUT2D eigenvalue weighted by Crippen LogP contribution is -2.48. The Morgan fingerprint density at radius 3 is 2.92 bits per heavy atom. The molecule has 0 saturated carbocycles. The molecule has 0 spiro atoms. The van der Waals surface area contributed by atoms with E-state index in [2.05, 4.69) is 15.6 Å². The SMILES string of the molecule is C1=CC=C2NC3=NC(=C2C=C1)N3. The van der Waals surface area contributed by atoms with E-state index in [1.807, 2.05) is 30.4 Å². The number of nitrogens with one attached hydrogen (secondary N) is 2. The molecule has 4 aliphatic rings. The van der Waals surface area contributed by atoms with E-state index >= 15 is 0 Å².